The van der Waals surface area contributed by atoms with Gasteiger partial charge in [-0.2, -0.15) is 18.4 Å². The number of rotatable bonds is 6. The van der Waals surface area contributed by atoms with Crippen LogP contribution < -0.4 is 20.7 Å². The topological polar surface area (TPSA) is 141 Å². The molecule has 222 valence electrons. The second-order valence-electron chi connectivity index (χ2n) is 12.3. The van der Waals surface area contributed by atoms with E-state index in [0.29, 0.717) is 0 Å². The van der Waals surface area contributed by atoms with Crippen LogP contribution in [0.4, 0.5) is 23.2 Å². The van der Waals surface area contributed by atoms with Gasteiger partial charge in [0.05, 0.1) is 6.07 Å². The molecule has 2 fully saturated rings. The van der Waals surface area contributed by atoms with Gasteiger partial charge in [0, 0.05) is 13.0 Å². The fraction of sp³-hybridized carbons (Fsp3) is 0.593. The highest BCUT2D eigenvalue weighted by Crippen LogP contribution is 2.65. The fourth-order valence-electron chi connectivity index (χ4n) is 5.75. The Balaban J connectivity index is 1.52. The Morgan fingerprint density at radius 2 is 1.88 bits per heavy atom. The molecule has 41 heavy (non-hydrogen) atoms. The van der Waals surface area contributed by atoms with Crippen molar-refractivity contribution in [3.8, 4) is 11.8 Å². The minimum Gasteiger partial charge on any atom is -0.478 e. The number of halogens is 4. The molecule has 1 aromatic carbocycles. The summed E-state index contributed by atoms with van der Waals surface area (Å²) in [5, 5.41) is 16.5. The fourth-order valence-corrected chi connectivity index (χ4v) is 5.75. The number of nitrogens with zero attached hydrogens (tertiary/aromatic N) is 2. The van der Waals surface area contributed by atoms with E-state index >= 15 is 0 Å². The standard InChI is InChI=1S/C27H31F4N5O5/c1-25(2,3)20(35-24(40)27(29,30)31)23(39)36-11-13-17(26(13,4)5)19(36)22(38)33-12(10-32)9-16-21(37)34-18-14(28)7-6-8-15(18)41-16/h6-8,12-13,16-17,19-20H,9,11H2,1-5H3,(H,33,38)(H,34,37)(H,35,40)/t12-,13-,16-,17-,19-,20+/m0/s1. The molecule has 1 aliphatic carbocycles. The molecule has 3 N–H and O–H groups in total. The summed E-state index contributed by atoms with van der Waals surface area (Å²) in [5.74, 6) is -5.66. The van der Waals surface area contributed by atoms with Crippen LogP contribution >= 0.6 is 0 Å². The number of carbonyl (C=O) groups is 4. The van der Waals surface area contributed by atoms with E-state index in [2.05, 4.69) is 10.6 Å². The molecule has 0 spiro atoms. The van der Waals surface area contributed by atoms with Crippen LogP contribution in [0, 0.1) is 39.8 Å². The number of hydrogen-bond acceptors (Lipinski definition) is 6. The van der Waals surface area contributed by atoms with Gasteiger partial charge in [-0.15, -0.1) is 0 Å². The molecule has 0 unspecified atom stereocenters. The lowest BCUT2D eigenvalue weighted by Crippen LogP contribution is -2.61. The maximum absolute atomic E-state index is 14.0. The summed E-state index contributed by atoms with van der Waals surface area (Å²) in [6.45, 7) is 8.36. The van der Waals surface area contributed by atoms with Crippen LogP contribution in [0.25, 0.3) is 0 Å². The van der Waals surface area contributed by atoms with Crippen molar-refractivity contribution >= 4 is 29.3 Å². The Labute approximate surface area is 233 Å². The Morgan fingerprint density at radius 1 is 1.22 bits per heavy atom. The number of nitriles is 1. The highest BCUT2D eigenvalue weighted by molar-refractivity contribution is 5.98. The van der Waals surface area contributed by atoms with E-state index in [4.69, 9.17) is 4.74 Å². The van der Waals surface area contributed by atoms with Gasteiger partial charge in [-0.25, -0.2) is 4.39 Å². The van der Waals surface area contributed by atoms with Crippen LogP contribution in [0.2, 0.25) is 0 Å². The average molecular weight is 582 g/mol. The molecule has 1 saturated heterocycles. The van der Waals surface area contributed by atoms with Gasteiger partial charge in [-0.3, -0.25) is 19.2 Å². The first-order chi connectivity index (χ1) is 18.9. The van der Waals surface area contributed by atoms with Crippen LogP contribution in [0.15, 0.2) is 18.2 Å². The monoisotopic (exact) mass is 581 g/mol. The molecule has 6 atom stereocenters. The van der Waals surface area contributed by atoms with E-state index in [1.165, 1.54) is 37.8 Å². The lowest BCUT2D eigenvalue weighted by Gasteiger charge is -2.38. The molecule has 3 aliphatic rings. The molecule has 4 rings (SSSR count). The van der Waals surface area contributed by atoms with Crippen molar-refractivity contribution in [1.29, 1.82) is 5.26 Å². The van der Waals surface area contributed by atoms with Crippen molar-refractivity contribution < 1.29 is 41.5 Å². The first-order valence-electron chi connectivity index (χ1n) is 13.0. The molecule has 1 aromatic rings. The largest absolute Gasteiger partial charge is 0.478 e. The summed E-state index contributed by atoms with van der Waals surface area (Å²) in [6.07, 6.45) is -6.74. The van der Waals surface area contributed by atoms with Crippen LogP contribution in [-0.4, -0.2) is 65.5 Å². The molecular formula is C27H31F4N5O5. The number of amides is 4. The van der Waals surface area contributed by atoms with Crippen molar-refractivity contribution in [2.45, 2.75) is 71.4 Å². The summed E-state index contributed by atoms with van der Waals surface area (Å²) in [4.78, 5) is 52.6. The van der Waals surface area contributed by atoms with E-state index in [0.717, 1.165) is 6.07 Å². The van der Waals surface area contributed by atoms with Crippen LogP contribution in [-0.2, 0) is 19.2 Å². The van der Waals surface area contributed by atoms with E-state index in [1.54, 1.807) is 5.32 Å². The zero-order valence-electron chi connectivity index (χ0n) is 23.1. The first kappa shape index (κ1) is 30.1. The van der Waals surface area contributed by atoms with Crippen molar-refractivity contribution in [1.82, 2.24) is 15.5 Å². The SMILES string of the molecule is CC(C)(C)[C@H](NC(=O)C(F)(F)F)C(=O)N1C[C@H]2[C@@H]([C@H]1C(=O)N[C@H](C#N)C[C@@H]1Oc3cccc(F)c3NC1=O)C2(C)C. The summed E-state index contributed by atoms with van der Waals surface area (Å²) in [5.41, 5.74) is -1.62. The maximum atomic E-state index is 14.0. The van der Waals surface area contributed by atoms with Gasteiger partial charge in [0.2, 0.25) is 11.8 Å². The third-order valence-electron chi connectivity index (χ3n) is 8.11. The van der Waals surface area contributed by atoms with E-state index in [9.17, 15) is 42.0 Å². The number of ether oxygens (including phenoxy) is 1. The highest BCUT2D eigenvalue weighted by Gasteiger charge is 2.70. The molecule has 0 aromatic heterocycles. The Bertz CT molecular complexity index is 1320. The second-order valence-corrected chi connectivity index (χ2v) is 12.3. The number of anilines is 1. The van der Waals surface area contributed by atoms with Crippen molar-refractivity contribution in [2.75, 3.05) is 11.9 Å². The first-order valence-corrected chi connectivity index (χ1v) is 13.0. The summed E-state index contributed by atoms with van der Waals surface area (Å²) >= 11 is 0. The predicted molar refractivity (Wildman–Crippen MR) is 135 cm³/mol. The minimum atomic E-state index is -5.21. The van der Waals surface area contributed by atoms with Gasteiger partial charge < -0.3 is 25.6 Å². The van der Waals surface area contributed by atoms with Gasteiger partial charge in [-0.05, 0) is 34.8 Å². The second kappa shape index (κ2) is 10.2. The Hall–Kier alpha value is -3.89. The predicted octanol–water partition coefficient (Wildman–Crippen LogP) is 2.50. The van der Waals surface area contributed by atoms with Crippen LogP contribution in [0.3, 0.4) is 0 Å². The van der Waals surface area contributed by atoms with Crippen molar-refractivity contribution in [3.63, 3.8) is 0 Å². The number of piperidine rings is 1. The summed E-state index contributed by atoms with van der Waals surface area (Å²) in [6, 6.07) is 1.89. The number of fused-ring (bicyclic) bond motifs is 2. The zero-order chi connectivity index (χ0) is 30.7. The van der Waals surface area contributed by atoms with Crippen molar-refractivity contribution in [2.24, 2.45) is 22.7 Å². The van der Waals surface area contributed by atoms with Crippen LogP contribution in [0.5, 0.6) is 5.75 Å². The molecule has 1 saturated carbocycles. The van der Waals surface area contributed by atoms with Gasteiger partial charge in [0.25, 0.3) is 5.91 Å². The van der Waals surface area contributed by atoms with Gasteiger partial charge >= 0.3 is 12.1 Å². The van der Waals surface area contributed by atoms with E-state index in [1.807, 2.05) is 19.9 Å². The average Bonchev–Trinajstić information content (AvgIpc) is 3.19. The number of likely N-dealkylation sites (tertiary alicyclic amines) is 1. The van der Waals surface area contributed by atoms with Gasteiger partial charge in [0.1, 0.15) is 29.6 Å². The number of para-hydroxylation sites is 1. The molecule has 10 nitrogen and oxygen atoms in total. The lowest BCUT2D eigenvalue weighted by molar-refractivity contribution is -0.176. The van der Waals surface area contributed by atoms with Crippen molar-refractivity contribution in [3.05, 3.63) is 24.0 Å². The molecule has 14 heteroatoms. The van der Waals surface area contributed by atoms with Gasteiger partial charge in [0.15, 0.2) is 11.9 Å². The number of nitrogens with one attached hydrogen (secondary N) is 3. The number of carbonyl (C=O) groups excluding carboxylic acids is 4. The Morgan fingerprint density at radius 3 is 2.46 bits per heavy atom. The van der Waals surface area contributed by atoms with Crippen LogP contribution in [0.1, 0.15) is 41.0 Å². The minimum absolute atomic E-state index is 0.0573. The molecule has 4 amide bonds. The molecular weight excluding hydrogens is 550 g/mol. The summed E-state index contributed by atoms with van der Waals surface area (Å²) in [7, 11) is 0. The third kappa shape index (κ3) is 5.67. The zero-order valence-corrected chi connectivity index (χ0v) is 23.1. The highest BCUT2D eigenvalue weighted by atomic mass is 19.4. The lowest BCUT2D eigenvalue weighted by atomic mass is 9.85. The molecule has 2 heterocycles. The number of alkyl halides is 3. The molecule has 0 radical (unpaired) electrons. The van der Waals surface area contributed by atoms with Gasteiger partial charge in [-0.1, -0.05) is 40.7 Å². The molecule has 0 bridgehead atoms. The quantitative estimate of drug-likeness (QED) is 0.441. The van der Waals surface area contributed by atoms with E-state index < -0.39 is 65.3 Å². The Kier molecular flexibility index (Phi) is 7.47. The smallest absolute Gasteiger partial charge is 0.471 e. The molecule has 2 aliphatic heterocycles. The third-order valence-corrected chi connectivity index (χ3v) is 8.11. The summed E-state index contributed by atoms with van der Waals surface area (Å²) < 4.78 is 58.7. The maximum Gasteiger partial charge on any atom is 0.471 e. The number of hydrogen-bond donors (Lipinski definition) is 3. The number of benzene rings is 1. The normalized spacial score (nSPS) is 25.9. The van der Waals surface area contributed by atoms with E-state index in [-0.39, 0.29) is 41.7 Å².